The Balaban J connectivity index is 2.44. The first-order chi connectivity index (χ1) is 7.68. The van der Waals surface area contributed by atoms with Crippen molar-refractivity contribution in [2.75, 3.05) is 0 Å². The third kappa shape index (κ3) is 1.93. The van der Waals surface area contributed by atoms with Crippen LogP contribution < -0.4 is 0 Å². The zero-order chi connectivity index (χ0) is 11.5. The number of hydrogen-bond acceptors (Lipinski definition) is 3. The number of aromatic nitrogens is 2. The number of ketones is 1. The second-order valence-corrected chi connectivity index (χ2v) is 3.04. The number of carbonyl (C=O) groups is 1. The molecule has 0 fully saturated rings. The third-order valence-electron chi connectivity index (χ3n) is 1.99. The Bertz CT molecular complexity index is 543. The van der Waals surface area contributed by atoms with Crippen molar-refractivity contribution in [1.82, 2.24) is 9.97 Å². The second-order valence-electron chi connectivity index (χ2n) is 3.04. The highest BCUT2D eigenvalue weighted by molar-refractivity contribution is 6.08. The van der Waals surface area contributed by atoms with Gasteiger partial charge in [-0.25, -0.2) is 9.97 Å². The van der Waals surface area contributed by atoms with Gasteiger partial charge in [-0.15, -0.1) is 0 Å². The molecule has 2 rings (SSSR count). The maximum atomic E-state index is 13.2. The average Bonchev–Trinajstić information content (AvgIpc) is 2.29. The van der Waals surface area contributed by atoms with Gasteiger partial charge in [0, 0.05) is 24.0 Å². The molecule has 0 saturated heterocycles. The van der Waals surface area contributed by atoms with Gasteiger partial charge in [0.2, 0.25) is 11.9 Å². The molecule has 0 aliphatic carbocycles. The molecule has 0 unspecified atom stereocenters. The first kappa shape index (κ1) is 10.4. The van der Waals surface area contributed by atoms with E-state index in [0.717, 1.165) is 12.3 Å². The lowest BCUT2D eigenvalue weighted by Crippen LogP contribution is -2.06. The van der Waals surface area contributed by atoms with E-state index in [1.165, 1.54) is 24.4 Å². The minimum absolute atomic E-state index is 0.0411. The van der Waals surface area contributed by atoms with Gasteiger partial charge in [-0.05, 0) is 18.2 Å². The molecule has 3 nitrogen and oxygen atoms in total. The SMILES string of the molecule is O=C(c1ccnc(F)c1)c1cccnc1F. The molecule has 0 aliphatic rings. The zero-order valence-corrected chi connectivity index (χ0v) is 8.02. The Hall–Kier alpha value is -2.17. The van der Waals surface area contributed by atoms with Crippen LogP contribution in [0.25, 0.3) is 0 Å². The number of pyridine rings is 2. The molecule has 0 saturated carbocycles. The van der Waals surface area contributed by atoms with Gasteiger partial charge in [-0.1, -0.05) is 0 Å². The van der Waals surface area contributed by atoms with Crippen LogP contribution in [0.2, 0.25) is 0 Å². The lowest BCUT2D eigenvalue weighted by Gasteiger charge is -2.01. The third-order valence-corrected chi connectivity index (χ3v) is 1.99. The zero-order valence-electron chi connectivity index (χ0n) is 8.02. The van der Waals surface area contributed by atoms with E-state index in [0.29, 0.717) is 0 Å². The molecule has 0 radical (unpaired) electrons. The average molecular weight is 220 g/mol. The van der Waals surface area contributed by atoms with Crippen molar-refractivity contribution in [3.05, 3.63) is 59.7 Å². The number of hydrogen-bond donors (Lipinski definition) is 0. The van der Waals surface area contributed by atoms with Crippen LogP contribution >= 0.6 is 0 Å². The normalized spacial score (nSPS) is 10.1. The van der Waals surface area contributed by atoms with Gasteiger partial charge in [0.05, 0.1) is 5.56 Å². The van der Waals surface area contributed by atoms with Crippen LogP contribution in [0.5, 0.6) is 0 Å². The Kier molecular flexibility index (Phi) is 2.68. The van der Waals surface area contributed by atoms with E-state index in [1.807, 2.05) is 0 Å². The lowest BCUT2D eigenvalue weighted by molar-refractivity contribution is 0.103. The standard InChI is InChI=1S/C11H6F2N2O/c12-9-6-7(3-5-14-9)10(16)8-2-1-4-15-11(8)13/h1-6H. The summed E-state index contributed by atoms with van der Waals surface area (Å²) in [6, 6.07) is 5.00. The summed E-state index contributed by atoms with van der Waals surface area (Å²) in [5, 5.41) is 0. The lowest BCUT2D eigenvalue weighted by atomic mass is 10.1. The van der Waals surface area contributed by atoms with Crippen LogP contribution in [0.3, 0.4) is 0 Å². The molecule has 0 atom stereocenters. The summed E-state index contributed by atoms with van der Waals surface area (Å²) in [5.74, 6) is -2.27. The minimum atomic E-state index is -0.871. The maximum Gasteiger partial charge on any atom is 0.224 e. The van der Waals surface area contributed by atoms with E-state index in [9.17, 15) is 13.6 Å². The molecule has 0 aliphatic heterocycles. The van der Waals surface area contributed by atoms with Gasteiger partial charge in [-0.2, -0.15) is 8.78 Å². The quantitative estimate of drug-likeness (QED) is 0.574. The van der Waals surface area contributed by atoms with Crippen LogP contribution in [0.4, 0.5) is 8.78 Å². The predicted octanol–water partition coefficient (Wildman–Crippen LogP) is 1.99. The van der Waals surface area contributed by atoms with Crippen LogP contribution in [-0.2, 0) is 0 Å². The van der Waals surface area contributed by atoms with Crippen molar-refractivity contribution in [3.63, 3.8) is 0 Å². The second kappa shape index (κ2) is 4.14. The molecule has 16 heavy (non-hydrogen) atoms. The summed E-state index contributed by atoms with van der Waals surface area (Å²) in [5.41, 5.74) is -0.146. The fourth-order valence-electron chi connectivity index (χ4n) is 1.25. The monoisotopic (exact) mass is 220 g/mol. The van der Waals surface area contributed by atoms with E-state index in [1.54, 1.807) is 0 Å². The smallest absolute Gasteiger partial charge is 0.224 e. The number of nitrogens with zero attached hydrogens (tertiary/aromatic N) is 2. The molecule has 0 aromatic carbocycles. The number of carbonyl (C=O) groups excluding carboxylic acids is 1. The molecule has 0 N–H and O–H groups in total. The molecular formula is C11H6F2N2O. The van der Waals surface area contributed by atoms with Crippen LogP contribution in [0.15, 0.2) is 36.7 Å². The van der Waals surface area contributed by atoms with Crippen molar-refractivity contribution in [2.24, 2.45) is 0 Å². The predicted molar refractivity (Wildman–Crippen MR) is 51.8 cm³/mol. The first-order valence-corrected chi connectivity index (χ1v) is 4.45. The number of rotatable bonds is 2. The summed E-state index contributed by atoms with van der Waals surface area (Å²) in [6.45, 7) is 0. The molecule has 0 bridgehead atoms. The van der Waals surface area contributed by atoms with Gasteiger partial charge >= 0.3 is 0 Å². The van der Waals surface area contributed by atoms with E-state index in [2.05, 4.69) is 9.97 Å². The fraction of sp³-hybridized carbons (Fsp3) is 0. The van der Waals surface area contributed by atoms with E-state index in [-0.39, 0.29) is 11.1 Å². The summed E-state index contributed by atoms with van der Waals surface area (Å²) in [6.07, 6.45) is 2.39. The molecule has 2 heterocycles. The van der Waals surface area contributed by atoms with Crippen LogP contribution in [-0.4, -0.2) is 15.8 Å². The summed E-state index contributed by atoms with van der Waals surface area (Å²) in [7, 11) is 0. The molecule has 2 aromatic rings. The van der Waals surface area contributed by atoms with Crippen LogP contribution in [0.1, 0.15) is 15.9 Å². The Labute approximate surface area is 89.8 Å². The fourth-order valence-corrected chi connectivity index (χ4v) is 1.25. The van der Waals surface area contributed by atoms with E-state index >= 15 is 0 Å². The van der Waals surface area contributed by atoms with E-state index < -0.39 is 17.7 Å². The number of halogens is 2. The van der Waals surface area contributed by atoms with Gasteiger partial charge in [0.25, 0.3) is 0 Å². The Morgan fingerprint density at radius 2 is 1.94 bits per heavy atom. The maximum absolute atomic E-state index is 13.2. The molecule has 5 heteroatoms. The Morgan fingerprint density at radius 3 is 2.62 bits per heavy atom. The molecule has 0 amide bonds. The van der Waals surface area contributed by atoms with E-state index in [4.69, 9.17) is 0 Å². The summed E-state index contributed by atoms with van der Waals surface area (Å²) < 4.78 is 26.0. The molecule has 80 valence electrons. The topological polar surface area (TPSA) is 42.9 Å². The minimum Gasteiger partial charge on any atom is -0.288 e. The van der Waals surface area contributed by atoms with Crippen LogP contribution in [0, 0.1) is 11.9 Å². The van der Waals surface area contributed by atoms with Crippen molar-refractivity contribution in [3.8, 4) is 0 Å². The largest absolute Gasteiger partial charge is 0.288 e. The van der Waals surface area contributed by atoms with Crippen molar-refractivity contribution >= 4 is 5.78 Å². The highest BCUT2D eigenvalue weighted by atomic mass is 19.1. The summed E-state index contributed by atoms with van der Waals surface area (Å²) in [4.78, 5) is 18.4. The molecule has 0 spiro atoms. The van der Waals surface area contributed by atoms with Gasteiger partial charge in [0.1, 0.15) is 0 Å². The van der Waals surface area contributed by atoms with Gasteiger partial charge in [-0.3, -0.25) is 4.79 Å². The Morgan fingerprint density at radius 1 is 1.12 bits per heavy atom. The van der Waals surface area contributed by atoms with Crippen molar-refractivity contribution in [1.29, 1.82) is 0 Å². The summed E-state index contributed by atoms with van der Waals surface area (Å²) >= 11 is 0. The highest BCUT2D eigenvalue weighted by Gasteiger charge is 2.14. The van der Waals surface area contributed by atoms with Crippen molar-refractivity contribution < 1.29 is 13.6 Å². The van der Waals surface area contributed by atoms with Crippen molar-refractivity contribution in [2.45, 2.75) is 0 Å². The van der Waals surface area contributed by atoms with Gasteiger partial charge in [0.15, 0.2) is 5.78 Å². The van der Waals surface area contributed by atoms with Gasteiger partial charge < -0.3 is 0 Å². The highest BCUT2D eigenvalue weighted by Crippen LogP contribution is 2.11. The molecule has 2 aromatic heterocycles. The first-order valence-electron chi connectivity index (χ1n) is 4.45. The molecular weight excluding hydrogens is 214 g/mol.